The Hall–Kier alpha value is -2.36. The van der Waals surface area contributed by atoms with Crippen LogP contribution in [0.5, 0.6) is 0 Å². The first-order valence-electron chi connectivity index (χ1n) is 7.84. The summed E-state index contributed by atoms with van der Waals surface area (Å²) < 4.78 is 4.77. The highest BCUT2D eigenvalue weighted by atomic mass is 16.5. The molecule has 23 heavy (non-hydrogen) atoms. The van der Waals surface area contributed by atoms with Gasteiger partial charge in [-0.25, -0.2) is 4.79 Å². The molecular formula is C19H23NO3. The predicted molar refractivity (Wildman–Crippen MR) is 91.1 cm³/mol. The lowest BCUT2D eigenvalue weighted by atomic mass is 10.0. The van der Waals surface area contributed by atoms with E-state index in [1.807, 2.05) is 56.3 Å². The molecule has 0 fully saturated rings. The van der Waals surface area contributed by atoms with Gasteiger partial charge in [0.05, 0.1) is 13.5 Å². The van der Waals surface area contributed by atoms with Gasteiger partial charge in [0, 0.05) is 0 Å². The zero-order valence-electron chi connectivity index (χ0n) is 13.8. The van der Waals surface area contributed by atoms with Crippen LogP contribution < -0.4 is 5.32 Å². The predicted octanol–water partition coefficient (Wildman–Crippen LogP) is 3.09. The summed E-state index contributed by atoms with van der Waals surface area (Å²) in [6.45, 7) is 4.01. The standard InChI is InChI=1S/C19H23NO3/c1-13(2)10-17(19(22)23-3)20-18(21)12-14-8-9-15-6-4-5-7-16(15)11-14/h4-9,11,13,17H,10,12H2,1-3H3,(H,20,21). The molecule has 4 nitrogen and oxygen atoms in total. The summed E-state index contributed by atoms with van der Waals surface area (Å²) in [6, 6.07) is 13.4. The summed E-state index contributed by atoms with van der Waals surface area (Å²) >= 11 is 0. The minimum atomic E-state index is -0.590. The van der Waals surface area contributed by atoms with Gasteiger partial charge >= 0.3 is 5.97 Å². The molecule has 2 rings (SSSR count). The molecule has 122 valence electrons. The fourth-order valence-electron chi connectivity index (χ4n) is 2.61. The average molecular weight is 313 g/mol. The van der Waals surface area contributed by atoms with Gasteiger partial charge in [0.25, 0.3) is 0 Å². The number of carbonyl (C=O) groups is 2. The first-order chi connectivity index (χ1) is 11.0. The van der Waals surface area contributed by atoms with Crippen molar-refractivity contribution in [2.75, 3.05) is 7.11 Å². The van der Waals surface area contributed by atoms with Crippen molar-refractivity contribution in [2.45, 2.75) is 32.7 Å². The van der Waals surface area contributed by atoms with Gasteiger partial charge < -0.3 is 10.1 Å². The molecule has 0 aliphatic carbocycles. The second kappa shape index (κ2) is 7.77. The van der Waals surface area contributed by atoms with Gasteiger partial charge in [-0.2, -0.15) is 0 Å². The SMILES string of the molecule is COC(=O)C(CC(C)C)NC(=O)Cc1ccc2ccccc2c1. The lowest BCUT2D eigenvalue weighted by Gasteiger charge is -2.18. The van der Waals surface area contributed by atoms with Gasteiger partial charge in [0.2, 0.25) is 5.91 Å². The molecule has 0 aliphatic heterocycles. The van der Waals surface area contributed by atoms with Crippen LogP contribution in [0.3, 0.4) is 0 Å². The zero-order chi connectivity index (χ0) is 16.8. The normalized spacial score (nSPS) is 12.2. The molecule has 1 atom stereocenters. The molecule has 2 aromatic rings. The fourth-order valence-corrected chi connectivity index (χ4v) is 2.61. The van der Waals surface area contributed by atoms with E-state index in [2.05, 4.69) is 5.32 Å². The van der Waals surface area contributed by atoms with E-state index in [1.165, 1.54) is 7.11 Å². The molecule has 4 heteroatoms. The van der Waals surface area contributed by atoms with E-state index in [0.29, 0.717) is 12.3 Å². The van der Waals surface area contributed by atoms with E-state index in [0.717, 1.165) is 16.3 Å². The maximum absolute atomic E-state index is 12.2. The van der Waals surface area contributed by atoms with E-state index in [-0.39, 0.29) is 12.3 Å². The Morgan fingerprint density at radius 1 is 1.09 bits per heavy atom. The number of esters is 1. The van der Waals surface area contributed by atoms with Crippen molar-refractivity contribution in [1.29, 1.82) is 0 Å². The largest absolute Gasteiger partial charge is 0.467 e. The molecular weight excluding hydrogens is 290 g/mol. The Balaban J connectivity index is 2.05. The number of fused-ring (bicyclic) bond motifs is 1. The number of carbonyl (C=O) groups excluding carboxylic acids is 2. The smallest absolute Gasteiger partial charge is 0.328 e. The van der Waals surface area contributed by atoms with Crippen LogP contribution in [-0.4, -0.2) is 25.0 Å². The molecule has 1 unspecified atom stereocenters. The zero-order valence-corrected chi connectivity index (χ0v) is 13.8. The average Bonchev–Trinajstić information content (AvgIpc) is 2.52. The van der Waals surface area contributed by atoms with Crippen LogP contribution in [-0.2, 0) is 20.7 Å². The van der Waals surface area contributed by atoms with Crippen LogP contribution in [0.2, 0.25) is 0 Å². The maximum atomic E-state index is 12.2. The number of hydrogen-bond donors (Lipinski definition) is 1. The monoisotopic (exact) mass is 313 g/mol. The molecule has 0 aromatic heterocycles. The van der Waals surface area contributed by atoms with Gasteiger partial charge in [0.15, 0.2) is 0 Å². The second-order valence-corrected chi connectivity index (χ2v) is 6.13. The number of rotatable bonds is 6. The minimum absolute atomic E-state index is 0.170. The number of ether oxygens (including phenoxy) is 1. The Kier molecular flexibility index (Phi) is 5.74. The summed E-state index contributed by atoms with van der Waals surface area (Å²) in [5, 5.41) is 5.03. The van der Waals surface area contributed by atoms with Crippen molar-refractivity contribution < 1.29 is 14.3 Å². The van der Waals surface area contributed by atoms with Crippen LogP contribution in [0.4, 0.5) is 0 Å². The topological polar surface area (TPSA) is 55.4 Å². The van der Waals surface area contributed by atoms with E-state index < -0.39 is 12.0 Å². The molecule has 1 amide bonds. The third-order valence-electron chi connectivity index (χ3n) is 3.71. The number of hydrogen-bond acceptors (Lipinski definition) is 3. The second-order valence-electron chi connectivity index (χ2n) is 6.13. The Morgan fingerprint density at radius 2 is 1.78 bits per heavy atom. The molecule has 0 radical (unpaired) electrons. The number of benzene rings is 2. The summed E-state index contributed by atoms with van der Waals surface area (Å²) in [4.78, 5) is 24.0. The lowest BCUT2D eigenvalue weighted by molar-refractivity contribution is -0.145. The van der Waals surface area contributed by atoms with E-state index in [1.54, 1.807) is 0 Å². The number of amides is 1. The number of methoxy groups -OCH3 is 1. The fraction of sp³-hybridized carbons (Fsp3) is 0.368. The first-order valence-corrected chi connectivity index (χ1v) is 7.84. The van der Waals surface area contributed by atoms with E-state index in [9.17, 15) is 9.59 Å². The van der Waals surface area contributed by atoms with Crippen molar-refractivity contribution in [2.24, 2.45) is 5.92 Å². The first kappa shape index (κ1) is 17.0. The highest BCUT2D eigenvalue weighted by Gasteiger charge is 2.22. The van der Waals surface area contributed by atoms with Crippen LogP contribution in [0.25, 0.3) is 10.8 Å². The molecule has 0 saturated carbocycles. The third-order valence-corrected chi connectivity index (χ3v) is 3.71. The van der Waals surface area contributed by atoms with E-state index >= 15 is 0 Å². The summed E-state index contributed by atoms with van der Waals surface area (Å²) in [7, 11) is 1.34. The highest BCUT2D eigenvalue weighted by molar-refractivity contribution is 5.87. The molecule has 0 spiro atoms. The van der Waals surface area contributed by atoms with Crippen LogP contribution in [0.1, 0.15) is 25.8 Å². The quantitative estimate of drug-likeness (QED) is 0.834. The number of nitrogens with one attached hydrogen (secondary N) is 1. The minimum Gasteiger partial charge on any atom is -0.467 e. The summed E-state index contributed by atoms with van der Waals surface area (Å²) in [5.41, 5.74) is 0.925. The van der Waals surface area contributed by atoms with Gasteiger partial charge in [-0.1, -0.05) is 56.3 Å². The van der Waals surface area contributed by atoms with Crippen molar-refractivity contribution in [3.05, 3.63) is 48.0 Å². The third kappa shape index (κ3) is 4.81. The highest BCUT2D eigenvalue weighted by Crippen LogP contribution is 2.16. The van der Waals surface area contributed by atoms with Gasteiger partial charge in [-0.3, -0.25) is 4.79 Å². The molecule has 0 bridgehead atoms. The Labute approximate surface area is 136 Å². The van der Waals surface area contributed by atoms with Crippen molar-refractivity contribution in [1.82, 2.24) is 5.32 Å². The summed E-state index contributed by atoms with van der Waals surface area (Å²) in [6.07, 6.45) is 0.812. The summed E-state index contributed by atoms with van der Waals surface area (Å²) in [5.74, 6) is -0.276. The van der Waals surface area contributed by atoms with Gasteiger partial charge in [-0.15, -0.1) is 0 Å². The van der Waals surface area contributed by atoms with Crippen molar-refractivity contribution in [3.8, 4) is 0 Å². The van der Waals surface area contributed by atoms with Crippen LogP contribution >= 0.6 is 0 Å². The molecule has 0 heterocycles. The Bertz CT molecular complexity index is 694. The van der Waals surface area contributed by atoms with Crippen LogP contribution in [0, 0.1) is 5.92 Å². The van der Waals surface area contributed by atoms with Gasteiger partial charge in [0.1, 0.15) is 6.04 Å². The molecule has 0 saturated heterocycles. The van der Waals surface area contributed by atoms with E-state index in [4.69, 9.17) is 4.74 Å². The Morgan fingerprint density at radius 3 is 2.43 bits per heavy atom. The molecule has 0 aliphatic rings. The molecule has 1 N–H and O–H groups in total. The maximum Gasteiger partial charge on any atom is 0.328 e. The van der Waals surface area contributed by atoms with Gasteiger partial charge in [-0.05, 0) is 28.7 Å². The van der Waals surface area contributed by atoms with Crippen LogP contribution in [0.15, 0.2) is 42.5 Å². The van der Waals surface area contributed by atoms with Crippen molar-refractivity contribution in [3.63, 3.8) is 0 Å². The lowest BCUT2D eigenvalue weighted by Crippen LogP contribution is -2.43. The molecule has 2 aromatic carbocycles. The van der Waals surface area contributed by atoms with Crippen molar-refractivity contribution >= 4 is 22.6 Å².